The van der Waals surface area contributed by atoms with Crippen LogP contribution in [-0.2, 0) is 26.7 Å². The van der Waals surface area contributed by atoms with Crippen LogP contribution in [0.15, 0.2) is 76.8 Å². The summed E-state index contributed by atoms with van der Waals surface area (Å²) in [5.74, 6) is 0.883. The van der Waals surface area contributed by atoms with E-state index in [1.807, 2.05) is 12.3 Å². The zero-order valence-corrected chi connectivity index (χ0v) is 17.4. The van der Waals surface area contributed by atoms with Crippen LogP contribution < -0.4 is 10.9 Å². The van der Waals surface area contributed by atoms with Crippen LogP contribution in [-0.4, -0.2) is 33.6 Å². The summed E-state index contributed by atoms with van der Waals surface area (Å²) in [5.41, 5.74) is 3.48. The molecule has 0 saturated carbocycles. The highest BCUT2D eigenvalue weighted by molar-refractivity contribution is 5.79. The summed E-state index contributed by atoms with van der Waals surface area (Å²) in [7, 11) is 4.10. The highest BCUT2D eigenvalue weighted by Crippen LogP contribution is 2.08. The van der Waals surface area contributed by atoms with Crippen LogP contribution in [0, 0.1) is 0 Å². The molecule has 0 aliphatic carbocycles. The molecule has 0 unspecified atom stereocenters. The summed E-state index contributed by atoms with van der Waals surface area (Å²) in [6, 6.07) is 17.7. The maximum absolute atomic E-state index is 11.9. The van der Waals surface area contributed by atoms with Crippen molar-refractivity contribution in [1.29, 1.82) is 0 Å². The van der Waals surface area contributed by atoms with E-state index in [1.165, 1.54) is 5.69 Å². The Morgan fingerprint density at radius 2 is 1.79 bits per heavy atom. The zero-order chi connectivity index (χ0) is 20.6. The third kappa shape index (κ3) is 5.60. The molecule has 0 atom stereocenters. The van der Waals surface area contributed by atoms with Crippen LogP contribution in [0.2, 0.25) is 0 Å². The van der Waals surface area contributed by atoms with Gasteiger partial charge in [0.2, 0.25) is 0 Å². The molecule has 1 N–H and O–H groups in total. The number of aromatic nitrogens is 2. The lowest BCUT2D eigenvalue weighted by atomic mass is 10.1. The Labute approximate surface area is 172 Å². The SMILES string of the molecule is CCNC(=NCc1ccc(Cn2ccccc2=O)cc1)N(C)Cc1cccn1C. The standard InChI is InChI=1S/C23H29N5O/c1-4-24-23(27(3)18-21-8-7-14-26(21)2)25-16-19-10-12-20(13-11-19)17-28-15-6-5-9-22(28)29/h5-15H,4,16-18H2,1-3H3,(H,24,25). The zero-order valence-electron chi connectivity index (χ0n) is 17.4. The van der Waals surface area contributed by atoms with Crippen LogP contribution in [0.5, 0.6) is 0 Å². The molecule has 0 aliphatic rings. The molecule has 0 bridgehead atoms. The summed E-state index contributed by atoms with van der Waals surface area (Å²) in [6.07, 6.45) is 3.87. The van der Waals surface area contributed by atoms with Crippen molar-refractivity contribution in [1.82, 2.24) is 19.4 Å². The fourth-order valence-corrected chi connectivity index (χ4v) is 3.15. The van der Waals surface area contributed by atoms with Crippen molar-refractivity contribution in [3.8, 4) is 0 Å². The molecule has 152 valence electrons. The van der Waals surface area contributed by atoms with E-state index in [0.29, 0.717) is 13.1 Å². The van der Waals surface area contributed by atoms with E-state index in [9.17, 15) is 4.79 Å². The van der Waals surface area contributed by atoms with Gasteiger partial charge in [-0.05, 0) is 36.2 Å². The van der Waals surface area contributed by atoms with Crippen molar-refractivity contribution >= 4 is 5.96 Å². The number of hydrogen-bond acceptors (Lipinski definition) is 2. The topological polar surface area (TPSA) is 54.6 Å². The molecule has 0 radical (unpaired) electrons. The molecule has 0 fully saturated rings. The van der Waals surface area contributed by atoms with Gasteiger partial charge in [0.25, 0.3) is 5.56 Å². The molecule has 3 aromatic rings. The predicted molar refractivity (Wildman–Crippen MR) is 118 cm³/mol. The van der Waals surface area contributed by atoms with Gasteiger partial charge in [-0.15, -0.1) is 0 Å². The largest absolute Gasteiger partial charge is 0.357 e. The first-order chi connectivity index (χ1) is 14.1. The van der Waals surface area contributed by atoms with Gasteiger partial charge in [-0.1, -0.05) is 30.3 Å². The number of benzene rings is 1. The smallest absolute Gasteiger partial charge is 0.250 e. The van der Waals surface area contributed by atoms with Crippen LogP contribution in [0.1, 0.15) is 23.7 Å². The minimum Gasteiger partial charge on any atom is -0.357 e. The number of nitrogens with one attached hydrogen (secondary N) is 1. The first-order valence-corrected chi connectivity index (χ1v) is 9.89. The summed E-state index contributed by atoms with van der Waals surface area (Å²) < 4.78 is 3.83. The fraction of sp³-hybridized carbons (Fsp3) is 0.304. The van der Waals surface area contributed by atoms with Crippen molar-refractivity contribution in [2.75, 3.05) is 13.6 Å². The normalized spacial score (nSPS) is 11.5. The summed E-state index contributed by atoms with van der Waals surface area (Å²) in [4.78, 5) is 18.8. The molecule has 2 heterocycles. The van der Waals surface area contributed by atoms with Crippen LogP contribution in [0.25, 0.3) is 0 Å². The Hall–Kier alpha value is -3.28. The number of nitrogens with zero attached hydrogens (tertiary/aromatic N) is 4. The number of hydrogen-bond donors (Lipinski definition) is 1. The molecule has 0 aliphatic heterocycles. The van der Waals surface area contributed by atoms with Gasteiger partial charge in [0.1, 0.15) is 0 Å². The molecule has 3 rings (SSSR count). The summed E-state index contributed by atoms with van der Waals surface area (Å²) in [6.45, 7) is 4.87. The second kappa shape index (κ2) is 9.78. The average Bonchev–Trinajstić information content (AvgIpc) is 3.12. The molecule has 0 amide bonds. The van der Waals surface area contributed by atoms with Crippen LogP contribution >= 0.6 is 0 Å². The number of pyridine rings is 1. The van der Waals surface area contributed by atoms with Gasteiger partial charge in [0, 0.05) is 44.8 Å². The fourth-order valence-electron chi connectivity index (χ4n) is 3.15. The minimum absolute atomic E-state index is 0.0118. The Morgan fingerprint density at radius 3 is 2.45 bits per heavy atom. The van der Waals surface area contributed by atoms with Crippen molar-refractivity contribution in [2.45, 2.75) is 26.6 Å². The van der Waals surface area contributed by atoms with Gasteiger partial charge in [-0.2, -0.15) is 0 Å². The van der Waals surface area contributed by atoms with E-state index < -0.39 is 0 Å². The predicted octanol–water partition coefficient (Wildman–Crippen LogP) is 2.83. The lowest BCUT2D eigenvalue weighted by Crippen LogP contribution is -2.38. The maximum atomic E-state index is 11.9. The molecular weight excluding hydrogens is 362 g/mol. The molecule has 29 heavy (non-hydrogen) atoms. The second-order valence-electron chi connectivity index (χ2n) is 7.12. The van der Waals surface area contributed by atoms with Crippen LogP contribution in [0.4, 0.5) is 0 Å². The lowest BCUT2D eigenvalue weighted by molar-refractivity contribution is 0.462. The van der Waals surface area contributed by atoms with E-state index in [0.717, 1.165) is 30.2 Å². The monoisotopic (exact) mass is 391 g/mol. The van der Waals surface area contributed by atoms with Crippen molar-refractivity contribution in [2.24, 2.45) is 12.0 Å². The molecule has 0 saturated heterocycles. The van der Waals surface area contributed by atoms with E-state index in [4.69, 9.17) is 4.99 Å². The number of aryl methyl sites for hydroxylation is 1. The van der Waals surface area contributed by atoms with Crippen molar-refractivity contribution in [3.05, 3.63) is 94.2 Å². The van der Waals surface area contributed by atoms with Crippen molar-refractivity contribution < 1.29 is 0 Å². The Morgan fingerprint density at radius 1 is 1.03 bits per heavy atom. The number of rotatable bonds is 7. The molecule has 6 heteroatoms. The third-order valence-corrected chi connectivity index (χ3v) is 4.83. The average molecular weight is 392 g/mol. The lowest BCUT2D eigenvalue weighted by Gasteiger charge is -2.22. The van der Waals surface area contributed by atoms with Gasteiger partial charge < -0.3 is 19.4 Å². The first kappa shape index (κ1) is 20.5. The highest BCUT2D eigenvalue weighted by atomic mass is 16.1. The molecule has 6 nitrogen and oxygen atoms in total. The van der Waals surface area contributed by atoms with Gasteiger partial charge in [0.05, 0.1) is 19.6 Å². The van der Waals surface area contributed by atoms with E-state index >= 15 is 0 Å². The van der Waals surface area contributed by atoms with E-state index in [2.05, 4.69) is 78.4 Å². The Kier molecular flexibility index (Phi) is 6.89. The Balaban J connectivity index is 1.65. The quantitative estimate of drug-likeness (QED) is 0.498. The molecule has 0 spiro atoms. The van der Waals surface area contributed by atoms with E-state index in [-0.39, 0.29) is 5.56 Å². The maximum Gasteiger partial charge on any atom is 0.250 e. The second-order valence-corrected chi connectivity index (χ2v) is 7.12. The number of aliphatic imine (C=N–C) groups is 1. The van der Waals surface area contributed by atoms with Gasteiger partial charge >= 0.3 is 0 Å². The van der Waals surface area contributed by atoms with Gasteiger partial charge in [-0.3, -0.25) is 4.79 Å². The minimum atomic E-state index is 0.0118. The van der Waals surface area contributed by atoms with Crippen LogP contribution in [0.3, 0.4) is 0 Å². The highest BCUT2D eigenvalue weighted by Gasteiger charge is 2.08. The first-order valence-electron chi connectivity index (χ1n) is 9.89. The molecule has 2 aromatic heterocycles. The van der Waals surface area contributed by atoms with E-state index in [1.54, 1.807) is 16.7 Å². The van der Waals surface area contributed by atoms with Gasteiger partial charge in [0.15, 0.2) is 5.96 Å². The number of guanidine groups is 1. The third-order valence-electron chi connectivity index (χ3n) is 4.83. The molecular formula is C23H29N5O. The Bertz CT molecular complexity index is 1000. The summed E-state index contributed by atoms with van der Waals surface area (Å²) in [5, 5.41) is 3.36. The summed E-state index contributed by atoms with van der Waals surface area (Å²) >= 11 is 0. The van der Waals surface area contributed by atoms with Gasteiger partial charge in [-0.25, -0.2) is 4.99 Å². The van der Waals surface area contributed by atoms with Crippen molar-refractivity contribution in [3.63, 3.8) is 0 Å². The molecule has 1 aromatic carbocycles.